The van der Waals surface area contributed by atoms with Crippen molar-refractivity contribution in [1.82, 2.24) is 5.32 Å². The van der Waals surface area contributed by atoms with Gasteiger partial charge in [0.2, 0.25) is 0 Å². The largest absolute Gasteiger partial charge is 0.455 e. The fraction of sp³-hybridized carbons (Fsp3) is 0.185. The summed E-state index contributed by atoms with van der Waals surface area (Å²) in [7, 11) is 0. The number of thiophene rings is 1. The number of nitrogens with zero attached hydrogens (tertiary/aromatic N) is 2. The average Bonchev–Trinajstić information content (AvgIpc) is 3.51. The van der Waals surface area contributed by atoms with Gasteiger partial charge in [-0.2, -0.15) is 0 Å². The summed E-state index contributed by atoms with van der Waals surface area (Å²) in [6, 6.07) is 19.6. The number of carbonyl (C=O) groups excluding carboxylic acids is 1. The van der Waals surface area contributed by atoms with E-state index >= 15 is 0 Å². The van der Waals surface area contributed by atoms with Crippen molar-refractivity contribution in [2.24, 2.45) is 4.99 Å². The lowest BCUT2D eigenvalue weighted by atomic mass is 9.95. The molecule has 0 saturated heterocycles. The van der Waals surface area contributed by atoms with Crippen LogP contribution in [0, 0.1) is 10.1 Å². The van der Waals surface area contributed by atoms with E-state index in [1.165, 1.54) is 17.0 Å². The number of fused-ring (bicyclic) bond motifs is 1. The molecule has 8 heteroatoms. The Bertz CT molecular complexity index is 1410. The summed E-state index contributed by atoms with van der Waals surface area (Å²) < 4.78 is 5.87. The van der Waals surface area contributed by atoms with Crippen molar-refractivity contribution >= 4 is 34.1 Å². The van der Waals surface area contributed by atoms with Crippen molar-refractivity contribution in [2.45, 2.75) is 32.2 Å². The van der Waals surface area contributed by atoms with Crippen molar-refractivity contribution < 1.29 is 14.1 Å². The molecule has 1 N–H and O–H groups in total. The Morgan fingerprint density at radius 1 is 1.09 bits per heavy atom. The first-order chi connectivity index (χ1) is 17.1. The number of nitro groups is 1. The highest BCUT2D eigenvalue weighted by atomic mass is 32.1. The molecular formula is C27H23N3O4S. The van der Waals surface area contributed by atoms with Gasteiger partial charge in [0.05, 0.1) is 16.7 Å². The molecule has 0 aliphatic heterocycles. The predicted octanol–water partition coefficient (Wildman–Crippen LogP) is 6.48. The molecule has 2 aromatic carbocycles. The number of rotatable bonds is 7. The monoisotopic (exact) mass is 485 g/mol. The van der Waals surface area contributed by atoms with Crippen LogP contribution in [0.25, 0.3) is 11.3 Å². The van der Waals surface area contributed by atoms with Crippen LogP contribution in [0.15, 0.2) is 76.1 Å². The number of hydrogen-bond acceptors (Lipinski definition) is 6. The topological polar surface area (TPSA) is 97.7 Å². The highest BCUT2D eigenvalue weighted by Gasteiger charge is 2.25. The number of amides is 1. The molecule has 1 aliphatic carbocycles. The quantitative estimate of drug-likeness (QED) is 0.184. The van der Waals surface area contributed by atoms with Crippen LogP contribution in [0.3, 0.4) is 0 Å². The maximum absolute atomic E-state index is 13.2. The van der Waals surface area contributed by atoms with E-state index in [1.807, 2.05) is 30.3 Å². The minimum Gasteiger partial charge on any atom is -0.455 e. The summed E-state index contributed by atoms with van der Waals surface area (Å²) >= 11 is 1.56. The lowest BCUT2D eigenvalue weighted by Gasteiger charge is -2.12. The first kappa shape index (κ1) is 22.7. The molecule has 7 nitrogen and oxygen atoms in total. The van der Waals surface area contributed by atoms with E-state index in [2.05, 4.69) is 10.3 Å². The van der Waals surface area contributed by atoms with E-state index in [0.717, 1.165) is 36.8 Å². The van der Waals surface area contributed by atoms with E-state index in [0.29, 0.717) is 34.2 Å². The second-order valence-electron chi connectivity index (χ2n) is 8.33. The molecule has 0 spiro atoms. The normalized spacial score (nSPS) is 13.0. The Kier molecular flexibility index (Phi) is 6.54. The van der Waals surface area contributed by atoms with Gasteiger partial charge in [-0.25, -0.2) is 4.99 Å². The molecule has 2 heterocycles. The third-order valence-corrected chi connectivity index (χ3v) is 7.15. The van der Waals surface area contributed by atoms with Gasteiger partial charge < -0.3 is 9.73 Å². The van der Waals surface area contributed by atoms with E-state index < -0.39 is 4.92 Å². The fourth-order valence-corrected chi connectivity index (χ4v) is 5.45. The van der Waals surface area contributed by atoms with Gasteiger partial charge in [0, 0.05) is 29.1 Å². The highest BCUT2D eigenvalue weighted by Crippen LogP contribution is 2.40. The minimum absolute atomic E-state index is 0.00411. The summed E-state index contributed by atoms with van der Waals surface area (Å²) in [5.41, 5.74) is 3.42. The standard InChI is InChI=1S/C27H23N3O4S/c31-26(28-16-18-7-2-1-3-8-18)25-22-11-4-5-12-24(22)35-27(25)29-17-21-13-14-23(34-21)19-9-6-10-20(15-19)30(32)33/h1-3,6-10,13-15,17H,4-5,11-12,16H2,(H,28,31)/b29-17-. The molecule has 0 unspecified atom stereocenters. The first-order valence-electron chi connectivity index (χ1n) is 11.4. The maximum Gasteiger partial charge on any atom is 0.270 e. The Hall–Kier alpha value is -4.04. The van der Waals surface area contributed by atoms with Crippen LogP contribution in [-0.4, -0.2) is 17.0 Å². The zero-order chi connectivity index (χ0) is 24.2. The Morgan fingerprint density at radius 2 is 1.91 bits per heavy atom. The van der Waals surface area contributed by atoms with Crippen LogP contribution in [-0.2, 0) is 19.4 Å². The molecule has 0 fully saturated rings. The maximum atomic E-state index is 13.2. The molecule has 0 saturated carbocycles. The number of carbonyl (C=O) groups is 1. The molecule has 0 radical (unpaired) electrons. The fourth-order valence-electron chi connectivity index (χ4n) is 4.22. The molecule has 35 heavy (non-hydrogen) atoms. The third kappa shape index (κ3) is 5.07. The van der Waals surface area contributed by atoms with Crippen LogP contribution in [0.4, 0.5) is 10.7 Å². The van der Waals surface area contributed by atoms with Crippen LogP contribution in [0.5, 0.6) is 0 Å². The predicted molar refractivity (Wildman–Crippen MR) is 137 cm³/mol. The molecule has 0 atom stereocenters. The van der Waals surface area contributed by atoms with Gasteiger partial charge in [-0.05, 0) is 48.9 Å². The van der Waals surface area contributed by atoms with Crippen molar-refractivity contribution in [3.63, 3.8) is 0 Å². The third-order valence-electron chi connectivity index (χ3n) is 5.95. The molecule has 4 aromatic rings. The van der Waals surface area contributed by atoms with E-state index in [-0.39, 0.29) is 11.6 Å². The van der Waals surface area contributed by atoms with Crippen molar-refractivity contribution in [1.29, 1.82) is 0 Å². The van der Waals surface area contributed by atoms with Crippen LogP contribution >= 0.6 is 11.3 Å². The highest BCUT2D eigenvalue weighted by molar-refractivity contribution is 7.16. The Labute approximate surface area is 206 Å². The van der Waals surface area contributed by atoms with Gasteiger partial charge in [-0.1, -0.05) is 42.5 Å². The molecule has 0 bridgehead atoms. The molecular weight excluding hydrogens is 462 g/mol. The average molecular weight is 486 g/mol. The summed E-state index contributed by atoms with van der Waals surface area (Å²) in [6.07, 6.45) is 5.63. The zero-order valence-corrected chi connectivity index (χ0v) is 19.7. The summed E-state index contributed by atoms with van der Waals surface area (Å²) in [5, 5.41) is 14.8. The van der Waals surface area contributed by atoms with Crippen LogP contribution < -0.4 is 5.32 Å². The lowest BCUT2D eigenvalue weighted by molar-refractivity contribution is -0.384. The van der Waals surface area contributed by atoms with E-state index in [1.54, 1.807) is 41.8 Å². The molecule has 5 rings (SSSR count). The van der Waals surface area contributed by atoms with Crippen LogP contribution in [0.2, 0.25) is 0 Å². The zero-order valence-electron chi connectivity index (χ0n) is 18.9. The minimum atomic E-state index is -0.433. The number of nitro benzene ring substituents is 1. The van der Waals surface area contributed by atoms with Gasteiger partial charge in [-0.3, -0.25) is 14.9 Å². The second kappa shape index (κ2) is 10.1. The molecule has 2 aromatic heterocycles. The molecule has 176 valence electrons. The number of hydrogen-bond donors (Lipinski definition) is 1. The second-order valence-corrected chi connectivity index (χ2v) is 9.41. The molecule has 1 amide bonds. The summed E-state index contributed by atoms with van der Waals surface area (Å²) in [6.45, 7) is 0.457. The number of aliphatic imine (C=N–C) groups is 1. The smallest absolute Gasteiger partial charge is 0.270 e. The Balaban J connectivity index is 1.39. The number of aryl methyl sites for hydroxylation is 1. The van der Waals surface area contributed by atoms with E-state index in [9.17, 15) is 14.9 Å². The van der Waals surface area contributed by atoms with Gasteiger partial charge in [0.15, 0.2) is 0 Å². The van der Waals surface area contributed by atoms with Gasteiger partial charge in [0.1, 0.15) is 16.5 Å². The molecule has 1 aliphatic rings. The van der Waals surface area contributed by atoms with Crippen LogP contribution in [0.1, 0.15) is 45.0 Å². The first-order valence-corrected chi connectivity index (χ1v) is 12.3. The van der Waals surface area contributed by atoms with Crippen molar-refractivity contribution in [3.05, 3.63) is 104 Å². The Morgan fingerprint density at radius 3 is 2.74 bits per heavy atom. The van der Waals surface area contributed by atoms with Crippen molar-refractivity contribution in [3.8, 4) is 11.3 Å². The van der Waals surface area contributed by atoms with Gasteiger partial charge in [0.25, 0.3) is 11.6 Å². The SMILES string of the molecule is O=C(NCc1ccccc1)c1c(/N=C\c2ccc(-c3cccc([N+](=O)[O-])c3)o2)sc2c1CCCC2. The number of nitrogens with one attached hydrogen (secondary N) is 1. The number of benzene rings is 2. The van der Waals surface area contributed by atoms with Gasteiger partial charge in [-0.15, -0.1) is 11.3 Å². The van der Waals surface area contributed by atoms with E-state index in [4.69, 9.17) is 4.42 Å². The lowest BCUT2D eigenvalue weighted by Crippen LogP contribution is -2.24. The summed E-state index contributed by atoms with van der Waals surface area (Å²) in [4.78, 5) is 29.7. The van der Waals surface area contributed by atoms with Gasteiger partial charge >= 0.3 is 0 Å². The number of furan rings is 1. The summed E-state index contributed by atoms with van der Waals surface area (Å²) in [5.74, 6) is 0.909. The number of non-ortho nitro benzene ring substituents is 1. The van der Waals surface area contributed by atoms with Crippen molar-refractivity contribution in [2.75, 3.05) is 0 Å².